The molecule has 2 aliphatic rings. The molecule has 0 aromatic carbocycles. The van der Waals surface area contributed by atoms with Crippen LogP contribution in [-0.4, -0.2) is 63.3 Å². The summed E-state index contributed by atoms with van der Waals surface area (Å²) in [7, 11) is 1.82. The first-order valence-corrected chi connectivity index (χ1v) is 11.6. The largest absolute Gasteiger partial charge is 0.375 e. The number of morpholine rings is 1. The molecule has 1 saturated carbocycles. The van der Waals surface area contributed by atoms with Crippen LogP contribution in [0.2, 0.25) is 0 Å². The third-order valence-electron chi connectivity index (χ3n) is 6.37. The second-order valence-electron chi connectivity index (χ2n) is 8.90. The van der Waals surface area contributed by atoms with E-state index in [0.29, 0.717) is 24.1 Å². The van der Waals surface area contributed by atoms with Crippen molar-refractivity contribution in [2.75, 3.05) is 42.3 Å². The Kier molecular flexibility index (Phi) is 5.02. The minimum atomic E-state index is 0.0205. The Balaban J connectivity index is 1.40. The minimum Gasteiger partial charge on any atom is -0.375 e. The molecule has 0 bridgehead atoms. The summed E-state index contributed by atoms with van der Waals surface area (Å²) in [5.41, 5.74) is 2.62. The Morgan fingerprint density at radius 1 is 1.18 bits per heavy atom. The quantitative estimate of drug-likeness (QED) is 0.470. The van der Waals surface area contributed by atoms with Crippen LogP contribution < -0.4 is 15.5 Å². The summed E-state index contributed by atoms with van der Waals surface area (Å²) in [6.07, 6.45) is 7.57. The van der Waals surface area contributed by atoms with Crippen molar-refractivity contribution in [1.29, 1.82) is 0 Å². The Bertz CT molecular complexity index is 1400. The highest BCUT2D eigenvalue weighted by molar-refractivity contribution is 6.03. The van der Waals surface area contributed by atoms with Crippen molar-refractivity contribution in [3.63, 3.8) is 0 Å². The normalized spacial score (nSPS) is 18.4. The van der Waals surface area contributed by atoms with Gasteiger partial charge in [0.15, 0.2) is 11.5 Å². The number of nitrogens with zero attached hydrogens (tertiary/aromatic N) is 6. The molecule has 174 valence electrons. The smallest absolute Gasteiger partial charge is 0.228 e. The van der Waals surface area contributed by atoms with Crippen LogP contribution in [0.5, 0.6) is 0 Å². The Morgan fingerprint density at radius 3 is 2.85 bits per heavy atom. The topological polar surface area (TPSA) is 110 Å². The number of carbonyl (C=O) groups excluding carboxylic acids is 1. The average molecular weight is 459 g/mol. The summed E-state index contributed by atoms with van der Waals surface area (Å²) in [5.74, 6) is 1.92. The highest BCUT2D eigenvalue weighted by Gasteiger charge is 2.30. The van der Waals surface area contributed by atoms with Gasteiger partial charge in [-0.15, -0.1) is 5.10 Å². The fraction of sp³-hybridized carbons (Fsp3) is 0.375. The van der Waals surface area contributed by atoms with E-state index < -0.39 is 0 Å². The maximum atomic E-state index is 12.3. The van der Waals surface area contributed by atoms with Crippen molar-refractivity contribution < 1.29 is 9.53 Å². The van der Waals surface area contributed by atoms with E-state index in [2.05, 4.69) is 38.5 Å². The van der Waals surface area contributed by atoms with E-state index in [9.17, 15) is 4.79 Å². The van der Waals surface area contributed by atoms with Crippen LogP contribution in [0.1, 0.15) is 19.8 Å². The predicted octanol–water partition coefficient (Wildman–Crippen LogP) is 2.95. The zero-order valence-corrected chi connectivity index (χ0v) is 19.2. The van der Waals surface area contributed by atoms with Crippen LogP contribution in [0, 0.1) is 5.92 Å². The van der Waals surface area contributed by atoms with E-state index >= 15 is 0 Å². The molecular formula is C24H26N8O2. The highest BCUT2D eigenvalue weighted by atomic mass is 16.5. The number of anilines is 3. The number of ether oxygens (including phenoxy) is 1. The lowest BCUT2D eigenvalue weighted by molar-refractivity contribution is -0.117. The Hall–Kier alpha value is -3.79. The first-order chi connectivity index (χ1) is 16.6. The summed E-state index contributed by atoms with van der Waals surface area (Å²) in [5, 5.41) is 12.5. The van der Waals surface area contributed by atoms with E-state index in [-0.39, 0.29) is 17.9 Å². The molecule has 4 aromatic heterocycles. The molecule has 4 aromatic rings. The van der Waals surface area contributed by atoms with Gasteiger partial charge in [0, 0.05) is 54.8 Å². The van der Waals surface area contributed by atoms with Crippen LogP contribution in [-0.2, 0) is 9.53 Å². The molecule has 34 heavy (non-hydrogen) atoms. The summed E-state index contributed by atoms with van der Waals surface area (Å²) < 4.78 is 7.47. The molecule has 1 atom stereocenters. The number of rotatable bonds is 5. The highest BCUT2D eigenvalue weighted by Crippen LogP contribution is 2.33. The van der Waals surface area contributed by atoms with Gasteiger partial charge in [-0.1, -0.05) is 0 Å². The van der Waals surface area contributed by atoms with Crippen LogP contribution >= 0.6 is 0 Å². The zero-order chi connectivity index (χ0) is 23.2. The van der Waals surface area contributed by atoms with Crippen molar-refractivity contribution in [1.82, 2.24) is 24.6 Å². The maximum Gasteiger partial charge on any atom is 0.228 e. The third-order valence-corrected chi connectivity index (χ3v) is 6.37. The third kappa shape index (κ3) is 3.79. The molecule has 2 fully saturated rings. The molecule has 10 nitrogen and oxygen atoms in total. The molecular weight excluding hydrogens is 432 g/mol. The lowest BCUT2D eigenvalue weighted by atomic mass is 10.1. The Morgan fingerprint density at radius 2 is 2.06 bits per heavy atom. The van der Waals surface area contributed by atoms with Gasteiger partial charge in [0.05, 0.1) is 24.6 Å². The van der Waals surface area contributed by atoms with Gasteiger partial charge in [-0.25, -0.2) is 19.5 Å². The first kappa shape index (κ1) is 20.8. The van der Waals surface area contributed by atoms with E-state index in [0.717, 1.165) is 53.6 Å². The number of amides is 1. The van der Waals surface area contributed by atoms with E-state index in [1.54, 1.807) is 16.9 Å². The van der Waals surface area contributed by atoms with Crippen molar-refractivity contribution >= 4 is 39.6 Å². The molecule has 1 amide bonds. The van der Waals surface area contributed by atoms with Crippen molar-refractivity contribution in [3.8, 4) is 11.4 Å². The number of pyridine rings is 3. The van der Waals surface area contributed by atoms with Gasteiger partial charge in [-0.2, -0.15) is 0 Å². The monoisotopic (exact) mass is 458 g/mol. The molecule has 0 spiro atoms. The Labute approximate surface area is 196 Å². The molecule has 1 aliphatic carbocycles. The summed E-state index contributed by atoms with van der Waals surface area (Å²) in [6, 6.07) is 5.92. The van der Waals surface area contributed by atoms with E-state index in [1.165, 1.54) is 0 Å². The molecule has 1 aliphatic heterocycles. The fourth-order valence-corrected chi connectivity index (χ4v) is 4.38. The van der Waals surface area contributed by atoms with Gasteiger partial charge in [0.25, 0.3) is 0 Å². The van der Waals surface area contributed by atoms with Gasteiger partial charge in [0.1, 0.15) is 11.6 Å². The van der Waals surface area contributed by atoms with Crippen LogP contribution in [0.25, 0.3) is 27.8 Å². The van der Waals surface area contributed by atoms with Crippen LogP contribution in [0.4, 0.5) is 17.3 Å². The molecule has 0 unspecified atom stereocenters. The second kappa shape index (κ2) is 8.21. The van der Waals surface area contributed by atoms with Gasteiger partial charge in [-0.05, 0) is 38.0 Å². The molecule has 1 saturated heterocycles. The number of nitrogens with one attached hydrogen (secondary N) is 2. The lowest BCUT2D eigenvalue weighted by Gasteiger charge is -2.32. The number of fused-ring (bicyclic) bond motifs is 2. The second-order valence-corrected chi connectivity index (χ2v) is 8.90. The van der Waals surface area contributed by atoms with Gasteiger partial charge < -0.3 is 20.3 Å². The number of hydrogen-bond donors (Lipinski definition) is 2. The van der Waals surface area contributed by atoms with Crippen LogP contribution in [0.15, 0.2) is 36.8 Å². The number of hydrogen-bond acceptors (Lipinski definition) is 8. The van der Waals surface area contributed by atoms with E-state index in [4.69, 9.17) is 14.8 Å². The molecule has 2 N–H and O–H groups in total. The summed E-state index contributed by atoms with van der Waals surface area (Å²) in [4.78, 5) is 28.3. The SMILES string of the molecule is CNc1ncc(-c2nc3ccc(N4CCO[C@@H](C)C4)cn3n2)c2cc(NC(=O)C3CC3)ncc12. The van der Waals surface area contributed by atoms with Crippen LogP contribution in [0.3, 0.4) is 0 Å². The van der Waals surface area contributed by atoms with E-state index in [1.807, 2.05) is 25.4 Å². The molecule has 5 heterocycles. The summed E-state index contributed by atoms with van der Waals surface area (Å²) >= 11 is 0. The van der Waals surface area contributed by atoms with Gasteiger partial charge >= 0.3 is 0 Å². The molecule has 0 radical (unpaired) electrons. The molecule has 6 rings (SSSR count). The van der Waals surface area contributed by atoms with Crippen molar-refractivity contribution in [3.05, 3.63) is 36.8 Å². The maximum absolute atomic E-state index is 12.3. The minimum absolute atomic E-state index is 0.0205. The van der Waals surface area contributed by atoms with Gasteiger partial charge in [0.2, 0.25) is 5.91 Å². The fourth-order valence-electron chi connectivity index (χ4n) is 4.38. The first-order valence-electron chi connectivity index (χ1n) is 11.6. The average Bonchev–Trinajstić information content (AvgIpc) is 3.62. The summed E-state index contributed by atoms with van der Waals surface area (Å²) in [6.45, 7) is 4.49. The standard InChI is InChI=1S/C24H26N8O2/c1-14-12-31(7-8-34-14)16-5-6-21-29-23(30-32(21)13-16)19-11-27-22(25-2)18-10-26-20(9-17(18)19)28-24(33)15-3-4-15/h5-6,9-11,13-15H,3-4,7-8,12H2,1-2H3,(H,25,27)(H,26,28,33)/t14-/m0/s1. The van der Waals surface area contributed by atoms with Crippen molar-refractivity contribution in [2.24, 2.45) is 5.92 Å². The number of carbonyl (C=O) groups is 1. The number of aromatic nitrogens is 5. The zero-order valence-electron chi connectivity index (χ0n) is 19.2. The van der Waals surface area contributed by atoms with Crippen molar-refractivity contribution in [2.45, 2.75) is 25.9 Å². The molecule has 10 heteroatoms. The van der Waals surface area contributed by atoms with Gasteiger partial charge in [-0.3, -0.25) is 4.79 Å². The lowest BCUT2D eigenvalue weighted by Crippen LogP contribution is -2.41. The predicted molar refractivity (Wildman–Crippen MR) is 130 cm³/mol.